The molecule has 0 spiro atoms. The van der Waals surface area contributed by atoms with Gasteiger partial charge in [-0.15, -0.1) is 0 Å². The van der Waals surface area contributed by atoms with Gasteiger partial charge in [0.25, 0.3) is 5.69 Å². The minimum atomic E-state index is -0.418. The third-order valence-corrected chi connectivity index (χ3v) is 7.02. The third kappa shape index (κ3) is 7.29. The monoisotopic (exact) mass is 522 g/mol. The van der Waals surface area contributed by atoms with Crippen LogP contribution in [-0.4, -0.2) is 48.0 Å². The Labute approximate surface area is 221 Å². The lowest BCUT2D eigenvalue weighted by Gasteiger charge is -2.24. The van der Waals surface area contributed by atoms with Crippen LogP contribution in [0.4, 0.5) is 5.69 Å². The van der Waals surface area contributed by atoms with Crippen LogP contribution in [0.2, 0.25) is 5.02 Å². The van der Waals surface area contributed by atoms with Gasteiger partial charge in [0.1, 0.15) is 5.75 Å². The number of nitro benzene ring substituents is 1. The first-order valence-electron chi connectivity index (χ1n) is 12.3. The van der Waals surface area contributed by atoms with Gasteiger partial charge >= 0.3 is 0 Å². The van der Waals surface area contributed by atoms with E-state index in [2.05, 4.69) is 15.5 Å². The Kier molecular flexibility index (Phi) is 9.11. The second-order valence-corrected chi connectivity index (χ2v) is 9.57. The van der Waals surface area contributed by atoms with E-state index in [1.165, 1.54) is 12.1 Å². The van der Waals surface area contributed by atoms with Crippen molar-refractivity contribution < 1.29 is 14.5 Å². The maximum absolute atomic E-state index is 13.2. The van der Waals surface area contributed by atoms with Crippen molar-refractivity contribution >= 4 is 23.2 Å². The van der Waals surface area contributed by atoms with E-state index in [1.807, 2.05) is 48.5 Å². The first-order chi connectivity index (χ1) is 17.9. The maximum atomic E-state index is 13.2. The Bertz CT molecular complexity index is 1200. The summed E-state index contributed by atoms with van der Waals surface area (Å²) in [6.45, 7) is 2.46. The fourth-order valence-corrected chi connectivity index (χ4v) is 4.78. The summed E-state index contributed by atoms with van der Waals surface area (Å²) in [5.74, 6) is 0.795. The number of carbonyl (C=O) groups excluding carboxylic acids is 1. The topological polar surface area (TPSA) is 96.7 Å². The molecule has 2 atom stereocenters. The summed E-state index contributed by atoms with van der Waals surface area (Å²) in [5, 5.41) is 18.2. The third-order valence-electron chi connectivity index (χ3n) is 6.65. The summed E-state index contributed by atoms with van der Waals surface area (Å²) in [6.07, 6.45) is 1.28. The predicted octanol–water partition coefficient (Wildman–Crippen LogP) is 4.35. The molecule has 0 aromatic heterocycles. The zero-order valence-electron chi connectivity index (χ0n) is 20.7. The quantitative estimate of drug-likeness (QED) is 0.287. The molecule has 1 saturated heterocycles. The lowest BCUT2D eigenvalue weighted by Crippen LogP contribution is -2.43. The smallest absolute Gasteiger partial charge is 0.269 e. The Morgan fingerprint density at radius 1 is 1.08 bits per heavy atom. The zero-order valence-corrected chi connectivity index (χ0v) is 21.5. The summed E-state index contributed by atoms with van der Waals surface area (Å²) in [4.78, 5) is 25.8. The fourth-order valence-electron chi connectivity index (χ4n) is 4.58. The van der Waals surface area contributed by atoms with Crippen LogP contribution in [0, 0.1) is 10.1 Å². The van der Waals surface area contributed by atoms with Gasteiger partial charge in [-0.3, -0.25) is 19.8 Å². The van der Waals surface area contributed by atoms with E-state index in [4.69, 9.17) is 16.3 Å². The van der Waals surface area contributed by atoms with Crippen molar-refractivity contribution in [3.63, 3.8) is 0 Å². The van der Waals surface area contributed by atoms with E-state index in [0.717, 1.165) is 29.0 Å². The van der Waals surface area contributed by atoms with Crippen molar-refractivity contribution in [1.29, 1.82) is 0 Å². The minimum Gasteiger partial charge on any atom is -0.497 e. The van der Waals surface area contributed by atoms with Gasteiger partial charge in [-0.05, 0) is 47.7 Å². The zero-order chi connectivity index (χ0) is 26.2. The highest BCUT2D eigenvalue weighted by molar-refractivity contribution is 6.31. The molecular formula is C28H31ClN4O4. The number of hydrogen-bond acceptors (Lipinski definition) is 6. The largest absolute Gasteiger partial charge is 0.497 e. The van der Waals surface area contributed by atoms with Gasteiger partial charge in [0.15, 0.2) is 0 Å². The number of nitrogens with one attached hydrogen (secondary N) is 2. The molecule has 1 aliphatic rings. The van der Waals surface area contributed by atoms with E-state index in [1.54, 1.807) is 19.2 Å². The van der Waals surface area contributed by atoms with E-state index in [-0.39, 0.29) is 23.7 Å². The number of benzene rings is 3. The Hall–Kier alpha value is -3.46. The molecule has 1 amide bonds. The van der Waals surface area contributed by atoms with Crippen LogP contribution in [0.5, 0.6) is 5.75 Å². The highest BCUT2D eigenvalue weighted by Crippen LogP contribution is 2.25. The second kappa shape index (κ2) is 12.7. The van der Waals surface area contributed by atoms with Crippen LogP contribution < -0.4 is 15.4 Å². The highest BCUT2D eigenvalue weighted by Gasteiger charge is 2.36. The molecule has 0 saturated carbocycles. The van der Waals surface area contributed by atoms with Gasteiger partial charge in [0.05, 0.1) is 18.1 Å². The lowest BCUT2D eigenvalue weighted by atomic mass is 10.1. The highest BCUT2D eigenvalue weighted by atomic mass is 35.5. The minimum absolute atomic E-state index is 0.0253. The molecular weight excluding hydrogens is 492 g/mol. The lowest BCUT2D eigenvalue weighted by molar-refractivity contribution is -0.384. The molecule has 4 rings (SSSR count). The summed E-state index contributed by atoms with van der Waals surface area (Å²) >= 11 is 6.42. The molecule has 1 aliphatic heterocycles. The fraction of sp³-hybridized carbons (Fsp3) is 0.321. The first kappa shape index (κ1) is 26.6. The van der Waals surface area contributed by atoms with E-state index >= 15 is 0 Å². The first-order valence-corrected chi connectivity index (χ1v) is 12.7. The number of halogens is 1. The van der Waals surface area contributed by atoms with Gasteiger partial charge in [0.2, 0.25) is 5.91 Å². The molecule has 2 N–H and O–H groups in total. The van der Waals surface area contributed by atoms with Crippen molar-refractivity contribution in [2.24, 2.45) is 0 Å². The number of amides is 1. The van der Waals surface area contributed by atoms with Crippen molar-refractivity contribution in [2.75, 3.05) is 20.2 Å². The maximum Gasteiger partial charge on any atom is 0.269 e. The van der Waals surface area contributed by atoms with Crippen molar-refractivity contribution in [2.45, 2.75) is 38.0 Å². The van der Waals surface area contributed by atoms with Crippen LogP contribution in [0.1, 0.15) is 23.1 Å². The number of likely N-dealkylation sites (tertiary alicyclic amines) is 1. The van der Waals surface area contributed by atoms with Gasteiger partial charge in [-0.25, -0.2) is 0 Å². The van der Waals surface area contributed by atoms with Crippen LogP contribution in [0.3, 0.4) is 0 Å². The number of nitro groups is 1. The van der Waals surface area contributed by atoms with Gasteiger partial charge in [-0.2, -0.15) is 0 Å². The predicted molar refractivity (Wildman–Crippen MR) is 144 cm³/mol. The average Bonchev–Trinajstić information content (AvgIpc) is 3.32. The average molecular weight is 523 g/mol. The van der Waals surface area contributed by atoms with Gasteiger partial charge in [0, 0.05) is 49.4 Å². The molecule has 0 bridgehead atoms. The van der Waals surface area contributed by atoms with Crippen molar-refractivity contribution in [3.05, 3.63) is 105 Å². The summed E-state index contributed by atoms with van der Waals surface area (Å²) in [7, 11) is 1.65. The van der Waals surface area contributed by atoms with Gasteiger partial charge in [-0.1, -0.05) is 54.1 Å². The summed E-state index contributed by atoms with van der Waals surface area (Å²) in [5.41, 5.74) is 3.13. The number of hydrogen-bond donors (Lipinski definition) is 2. The Morgan fingerprint density at radius 3 is 2.46 bits per heavy atom. The Balaban J connectivity index is 1.37. The number of carbonyl (C=O) groups is 1. The molecule has 0 aliphatic carbocycles. The molecule has 37 heavy (non-hydrogen) atoms. The standard InChI is InChI=1S/C28H31ClN4O4/c1-37-25-12-8-21(9-13-25)17-31-23-16-27(32(19-23)18-22-4-2-3-5-26(22)29)28(34)30-15-14-20-6-10-24(11-7-20)33(35)36/h2-13,23,27,31H,14-19H2,1H3,(H,30,34)/t23-,27-/m0/s1. The SMILES string of the molecule is COc1ccc(CN[C@H]2C[C@@H](C(=O)NCCc3ccc([N+](=O)[O-])cc3)N(Cc3ccccc3Cl)C2)cc1. The van der Waals surface area contributed by atoms with Crippen molar-refractivity contribution in [1.82, 2.24) is 15.5 Å². The van der Waals surface area contributed by atoms with E-state index in [9.17, 15) is 14.9 Å². The number of non-ortho nitro benzene ring substituents is 1. The second-order valence-electron chi connectivity index (χ2n) is 9.16. The van der Waals surface area contributed by atoms with Gasteiger partial charge < -0.3 is 15.4 Å². The molecule has 0 radical (unpaired) electrons. The Morgan fingerprint density at radius 2 is 1.78 bits per heavy atom. The van der Waals surface area contributed by atoms with Crippen LogP contribution >= 0.6 is 11.6 Å². The molecule has 0 unspecified atom stereocenters. The van der Waals surface area contributed by atoms with Crippen LogP contribution in [0.25, 0.3) is 0 Å². The summed E-state index contributed by atoms with van der Waals surface area (Å²) in [6, 6.07) is 21.9. The number of nitrogens with zero attached hydrogens (tertiary/aromatic N) is 2. The van der Waals surface area contributed by atoms with Crippen molar-refractivity contribution in [3.8, 4) is 5.75 Å². The van der Waals surface area contributed by atoms with Crippen LogP contribution in [0.15, 0.2) is 72.8 Å². The molecule has 3 aromatic carbocycles. The van der Waals surface area contributed by atoms with Crippen LogP contribution in [-0.2, 0) is 24.3 Å². The molecule has 1 heterocycles. The molecule has 8 nitrogen and oxygen atoms in total. The molecule has 9 heteroatoms. The number of ether oxygens (including phenoxy) is 1. The van der Waals surface area contributed by atoms with E-state index in [0.29, 0.717) is 37.5 Å². The molecule has 3 aromatic rings. The number of methoxy groups -OCH3 is 1. The molecule has 1 fully saturated rings. The molecule has 194 valence electrons. The summed E-state index contributed by atoms with van der Waals surface area (Å²) < 4.78 is 5.23. The van der Waals surface area contributed by atoms with E-state index < -0.39 is 4.92 Å². The normalized spacial score (nSPS) is 17.5. The number of rotatable bonds is 11.